The fourth-order valence-corrected chi connectivity index (χ4v) is 4.22. The zero-order valence-electron chi connectivity index (χ0n) is 20.7. The highest BCUT2D eigenvalue weighted by Crippen LogP contribution is 2.43. The number of methoxy groups -OCH3 is 3. The zero-order chi connectivity index (χ0) is 27.4. The normalized spacial score (nSPS) is 15.1. The van der Waals surface area contributed by atoms with E-state index < -0.39 is 23.8 Å². The second-order valence-corrected chi connectivity index (χ2v) is 7.99. The molecule has 1 aromatic heterocycles. The summed E-state index contributed by atoms with van der Waals surface area (Å²) in [6.07, 6.45) is 1.59. The molecule has 1 unspecified atom stereocenters. The van der Waals surface area contributed by atoms with E-state index in [-0.39, 0.29) is 28.4 Å². The Balaban J connectivity index is 1.89. The maximum absolute atomic E-state index is 13.1. The second kappa shape index (κ2) is 10.7. The van der Waals surface area contributed by atoms with E-state index in [1.54, 1.807) is 60.8 Å². The van der Waals surface area contributed by atoms with E-state index in [1.807, 2.05) is 0 Å². The SMILES string of the molecule is COC(=O)C1=C(C(=O)OC)N(c2ccc(-n3ccc(C(=O)OC)n3)cc2)C(N)=C(C#N)C1c1ccccc1. The molecule has 0 spiro atoms. The Kier molecular flexibility index (Phi) is 7.25. The second-order valence-electron chi connectivity index (χ2n) is 7.99. The highest BCUT2D eigenvalue weighted by molar-refractivity contribution is 6.06. The lowest BCUT2D eigenvalue weighted by atomic mass is 9.81. The first-order valence-electron chi connectivity index (χ1n) is 11.3. The van der Waals surface area contributed by atoms with Gasteiger partial charge >= 0.3 is 17.9 Å². The Bertz CT molecular complexity index is 1500. The van der Waals surface area contributed by atoms with Crippen LogP contribution in [-0.4, -0.2) is 49.0 Å². The number of rotatable bonds is 6. The Morgan fingerprint density at radius 1 is 0.868 bits per heavy atom. The molecule has 11 nitrogen and oxygen atoms in total. The lowest BCUT2D eigenvalue weighted by Gasteiger charge is -2.35. The number of benzene rings is 2. The summed E-state index contributed by atoms with van der Waals surface area (Å²) in [6, 6.07) is 18.9. The van der Waals surface area contributed by atoms with Crippen LogP contribution in [0.25, 0.3) is 5.69 Å². The van der Waals surface area contributed by atoms with Crippen LogP contribution in [0.15, 0.2) is 89.5 Å². The molecule has 1 aliphatic heterocycles. The van der Waals surface area contributed by atoms with Gasteiger partial charge in [0.2, 0.25) is 0 Å². The van der Waals surface area contributed by atoms with Gasteiger partial charge in [0.25, 0.3) is 0 Å². The number of nitrogens with two attached hydrogens (primary N) is 1. The average Bonchev–Trinajstić information content (AvgIpc) is 3.46. The minimum atomic E-state index is -0.959. The molecule has 3 aromatic rings. The van der Waals surface area contributed by atoms with E-state index in [9.17, 15) is 19.6 Å². The summed E-state index contributed by atoms with van der Waals surface area (Å²) < 4.78 is 16.2. The lowest BCUT2D eigenvalue weighted by molar-refractivity contribution is -0.139. The summed E-state index contributed by atoms with van der Waals surface area (Å²) in [5.74, 6) is -3.24. The number of anilines is 1. The van der Waals surface area contributed by atoms with Crippen molar-refractivity contribution >= 4 is 23.6 Å². The van der Waals surface area contributed by atoms with Crippen LogP contribution in [0.5, 0.6) is 0 Å². The van der Waals surface area contributed by atoms with Gasteiger partial charge in [-0.15, -0.1) is 0 Å². The number of allylic oxidation sites excluding steroid dienone is 1. The number of hydrogen-bond donors (Lipinski definition) is 1. The molecule has 0 saturated heterocycles. The minimum Gasteiger partial charge on any atom is -0.466 e. The fourth-order valence-electron chi connectivity index (χ4n) is 4.22. The van der Waals surface area contributed by atoms with Crippen LogP contribution in [-0.2, 0) is 23.8 Å². The summed E-state index contributed by atoms with van der Waals surface area (Å²) in [6.45, 7) is 0. The molecule has 2 heterocycles. The molecular formula is C27H23N5O6. The number of aromatic nitrogens is 2. The molecule has 0 amide bonds. The Morgan fingerprint density at radius 3 is 2.05 bits per heavy atom. The van der Waals surface area contributed by atoms with Crippen LogP contribution in [0.1, 0.15) is 22.0 Å². The molecular weight excluding hydrogens is 490 g/mol. The quantitative estimate of drug-likeness (QED) is 0.385. The zero-order valence-corrected chi connectivity index (χ0v) is 20.7. The minimum absolute atomic E-state index is 0.0470. The molecule has 0 radical (unpaired) electrons. The average molecular weight is 514 g/mol. The summed E-state index contributed by atoms with van der Waals surface area (Å²) in [5, 5.41) is 14.3. The topological polar surface area (TPSA) is 150 Å². The van der Waals surface area contributed by atoms with Gasteiger partial charge in [-0.2, -0.15) is 10.4 Å². The smallest absolute Gasteiger partial charge is 0.358 e. The molecule has 1 aliphatic rings. The van der Waals surface area contributed by atoms with E-state index in [4.69, 9.17) is 15.2 Å². The van der Waals surface area contributed by atoms with Crippen LogP contribution in [0.2, 0.25) is 0 Å². The van der Waals surface area contributed by atoms with Gasteiger partial charge in [-0.3, -0.25) is 4.90 Å². The molecule has 0 bridgehead atoms. The third kappa shape index (κ3) is 4.46. The van der Waals surface area contributed by atoms with Crippen molar-refractivity contribution in [3.05, 3.63) is 101 Å². The van der Waals surface area contributed by atoms with Crippen LogP contribution in [0, 0.1) is 11.3 Å². The molecule has 4 rings (SSSR count). The number of nitrogens with zero attached hydrogens (tertiary/aromatic N) is 4. The van der Waals surface area contributed by atoms with Gasteiger partial charge in [0, 0.05) is 11.9 Å². The van der Waals surface area contributed by atoms with Gasteiger partial charge in [-0.1, -0.05) is 30.3 Å². The molecule has 38 heavy (non-hydrogen) atoms. The summed E-state index contributed by atoms with van der Waals surface area (Å²) in [4.78, 5) is 39.3. The Hall–Kier alpha value is -5.37. The molecule has 0 fully saturated rings. The Morgan fingerprint density at radius 2 is 1.47 bits per heavy atom. The van der Waals surface area contributed by atoms with Crippen molar-refractivity contribution in [2.45, 2.75) is 5.92 Å². The lowest BCUT2D eigenvalue weighted by Crippen LogP contribution is -2.40. The molecule has 2 aromatic carbocycles. The number of ether oxygens (including phenoxy) is 3. The van der Waals surface area contributed by atoms with E-state index in [0.717, 1.165) is 0 Å². The molecule has 0 saturated carbocycles. The monoisotopic (exact) mass is 513 g/mol. The molecule has 2 N–H and O–H groups in total. The van der Waals surface area contributed by atoms with Crippen molar-refractivity contribution < 1.29 is 28.6 Å². The van der Waals surface area contributed by atoms with E-state index >= 15 is 0 Å². The predicted octanol–water partition coefficient (Wildman–Crippen LogP) is 2.56. The largest absolute Gasteiger partial charge is 0.466 e. The van der Waals surface area contributed by atoms with Gasteiger partial charge in [0.1, 0.15) is 11.5 Å². The van der Waals surface area contributed by atoms with Crippen LogP contribution >= 0.6 is 0 Å². The molecule has 11 heteroatoms. The third-order valence-corrected chi connectivity index (χ3v) is 5.97. The van der Waals surface area contributed by atoms with Crippen molar-refractivity contribution in [2.75, 3.05) is 26.2 Å². The number of esters is 3. The van der Waals surface area contributed by atoms with Crippen LogP contribution in [0.4, 0.5) is 5.69 Å². The van der Waals surface area contributed by atoms with Crippen molar-refractivity contribution in [3.8, 4) is 11.8 Å². The maximum Gasteiger partial charge on any atom is 0.358 e. The van der Waals surface area contributed by atoms with E-state index in [0.29, 0.717) is 16.9 Å². The highest BCUT2D eigenvalue weighted by atomic mass is 16.5. The number of carbonyl (C=O) groups excluding carboxylic acids is 3. The molecule has 0 aliphatic carbocycles. The van der Waals surface area contributed by atoms with Crippen molar-refractivity contribution in [3.63, 3.8) is 0 Å². The number of nitriles is 1. The molecule has 192 valence electrons. The van der Waals surface area contributed by atoms with Crippen molar-refractivity contribution in [1.29, 1.82) is 5.26 Å². The maximum atomic E-state index is 13.1. The summed E-state index contributed by atoms with van der Waals surface area (Å²) >= 11 is 0. The first kappa shape index (κ1) is 25.7. The van der Waals surface area contributed by atoms with Gasteiger partial charge in [-0.25, -0.2) is 19.1 Å². The van der Waals surface area contributed by atoms with E-state index in [1.165, 1.54) is 37.0 Å². The van der Waals surface area contributed by atoms with Crippen molar-refractivity contribution in [2.24, 2.45) is 5.73 Å². The number of hydrogen-bond acceptors (Lipinski definition) is 10. The summed E-state index contributed by atoms with van der Waals surface area (Å²) in [5.41, 5.74) is 7.95. The van der Waals surface area contributed by atoms with Crippen LogP contribution in [0.3, 0.4) is 0 Å². The standard InChI is InChI=1S/C27H23N5O6/c1-36-25(33)20-13-14-31(30-20)17-9-11-18(12-10-17)32-23(27(35)38-3)22(26(34)37-2)21(19(15-28)24(32)29)16-7-5-4-6-8-16/h4-14,21H,29H2,1-3H3. The first-order valence-corrected chi connectivity index (χ1v) is 11.3. The molecule has 1 atom stereocenters. The first-order chi connectivity index (χ1) is 18.4. The number of carbonyl (C=O) groups is 3. The van der Waals surface area contributed by atoms with Gasteiger partial charge < -0.3 is 19.9 Å². The summed E-state index contributed by atoms with van der Waals surface area (Å²) in [7, 11) is 3.63. The Labute approximate surface area is 217 Å². The van der Waals surface area contributed by atoms with Gasteiger partial charge in [-0.05, 0) is 35.9 Å². The van der Waals surface area contributed by atoms with Crippen molar-refractivity contribution in [1.82, 2.24) is 9.78 Å². The highest BCUT2D eigenvalue weighted by Gasteiger charge is 2.42. The van der Waals surface area contributed by atoms with Gasteiger partial charge in [0.15, 0.2) is 5.69 Å². The van der Waals surface area contributed by atoms with Gasteiger partial charge in [0.05, 0.1) is 50.2 Å². The fraction of sp³-hybridized carbons (Fsp3) is 0.148. The van der Waals surface area contributed by atoms with E-state index in [2.05, 4.69) is 15.9 Å². The predicted molar refractivity (Wildman–Crippen MR) is 134 cm³/mol. The van der Waals surface area contributed by atoms with Crippen LogP contribution < -0.4 is 10.6 Å². The third-order valence-electron chi connectivity index (χ3n) is 5.97.